The molecule has 144 valence electrons. The van der Waals surface area contributed by atoms with E-state index in [9.17, 15) is 4.79 Å². The topological polar surface area (TPSA) is 55.1 Å². The van der Waals surface area contributed by atoms with E-state index in [2.05, 4.69) is 42.6 Å². The van der Waals surface area contributed by atoms with Crippen molar-refractivity contribution in [3.8, 4) is 0 Å². The number of benzene rings is 1. The molecule has 0 aliphatic heterocycles. The van der Waals surface area contributed by atoms with Gasteiger partial charge < -0.3 is 11.1 Å². The summed E-state index contributed by atoms with van der Waals surface area (Å²) in [7, 11) is 0. The zero-order chi connectivity index (χ0) is 18.5. The number of rotatable bonds is 4. The Bertz CT molecular complexity index is 800. The first-order valence-corrected chi connectivity index (χ1v) is 11.1. The van der Waals surface area contributed by atoms with Crippen LogP contribution in [0.25, 0.3) is 0 Å². The van der Waals surface area contributed by atoms with E-state index < -0.39 is 0 Å². The van der Waals surface area contributed by atoms with Gasteiger partial charge in [-0.25, -0.2) is 0 Å². The number of amides is 1. The van der Waals surface area contributed by atoms with Gasteiger partial charge in [0, 0.05) is 16.9 Å². The fraction of sp³-hybridized carbons (Fsp3) is 0.708. The largest absolute Gasteiger partial charge is 0.353 e. The zero-order valence-electron chi connectivity index (χ0n) is 16.5. The highest BCUT2D eigenvalue weighted by Crippen LogP contribution is 3.01. The Morgan fingerprint density at radius 1 is 1.11 bits per heavy atom. The summed E-state index contributed by atoms with van der Waals surface area (Å²) in [6.07, 6.45) is 9.43. The standard InChI is InChI=1S/C24H32N2O/c1-21-11-18-12-22(20(27)26-19-9-7-16(13-25)8-10-19)15-23(14-21,24(18,21)22)17-5-3-2-4-6-17/h2-6,16,18-19H,7-15,25H2,1H3,(H,26,27). The first-order chi connectivity index (χ1) is 13.0. The maximum atomic E-state index is 13.6. The third-order valence-corrected chi connectivity index (χ3v) is 9.94. The van der Waals surface area contributed by atoms with Crippen molar-refractivity contribution < 1.29 is 4.79 Å². The summed E-state index contributed by atoms with van der Waals surface area (Å²) >= 11 is 0. The van der Waals surface area contributed by atoms with E-state index in [0.29, 0.717) is 28.7 Å². The Labute approximate surface area is 162 Å². The Hall–Kier alpha value is -1.35. The predicted octanol–water partition coefficient (Wildman–Crippen LogP) is 3.77. The molecular formula is C24H32N2O. The van der Waals surface area contributed by atoms with Crippen molar-refractivity contribution in [1.29, 1.82) is 0 Å². The average Bonchev–Trinajstić information content (AvgIpc) is 2.64. The second kappa shape index (κ2) is 4.97. The maximum absolute atomic E-state index is 13.6. The molecule has 3 heteroatoms. The monoisotopic (exact) mass is 364 g/mol. The second-order valence-corrected chi connectivity index (χ2v) is 10.8. The van der Waals surface area contributed by atoms with Crippen molar-refractivity contribution in [2.24, 2.45) is 33.8 Å². The van der Waals surface area contributed by atoms with E-state index in [0.717, 1.165) is 38.1 Å². The lowest BCUT2D eigenvalue weighted by Crippen LogP contribution is -2.97. The summed E-state index contributed by atoms with van der Waals surface area (Å²) in [5.74, 6) is 1.84. The minimum absolute atomic E-state index is 0.0660. The molecule has 5 atom stereocenters. The lowest BCUT2D eigenvalue weighted by molar-refractivity contribution is -0.472. The molecule has 0 heterocycles. The molecule has 3 nitrogen and oxygen atoms in total. The molecule has 0 radical (unpaired) electrons. The molecule has 5 saturated carbocycles. The van der Waals surface area contributed by atoms with Gasteiger partial charge in [0.2, 0.25) is 5.91 Å². The van der Waals surface area contributed by atoms with Gasteiger partial charge in [0.05, 0.1) is 5.41 Å². The third-order valence-electron chi connectivity index (χ3n) is 9.94. The molecule has 0 aromatic heterocycles. The first-order valence-electron chi connectivity index (χ1n) is 11.1. The fourth-order valence-electron chi connectivity index (χ4n) is 9.43. The van der Waals surface area contributed by atoms with Crippen LogP contribution in [0.3, 0.4) is 0 Å². The highest BCUT2D eigenvalue weighted by Gasteiger charge is 2.99. The SMILES string of the molecule is CC12CC3CC4(C(=O)NC5CCC(CN)CC5)CC(c5ccccc5)(C1)C324. The minimum Gasteiger partial charge on any atom is -0.353 e. The lowest BCUT2D eigenvalue weighted by atomic mass is 9.04. The normalized spacial score (nSPS) is 51.4. The number of hydrogen-bond acceptors (Lipinski definition) is 2. The van der Waals surface area contributed by atoms with Crippen molar-refractivity contribution in [3.63, 3.8) is 0 Å². The summed E-state index contributed by atoms with van der Waals surface area (Å²) < 4.78 is 0. The molecule has 0 saturated heterocycles. The molecule has 6 rings (SSSR count). The van der Waals surface area contributed by atoms with Crippen LogP contribution in [0, 0.1) is 28.1 Å². The van der Waals surface area contributed by atoms with Crippen LogP contribution in [0.1, 0.15) is 63.9 Å². The number of hydrogen-bond donors (Lipinski definition) is 2. The van der Waals surface area contributed by atoms with Crippen molar-refractivity contribution in [2.75, 3.05) is 6.54 Å². The highest BCUT2D eigenvalue weighted by molar-refractivity contribution is 5.90. The summed E-state index contributed by atoms with van der Waals surface area (Å²) in [6, 6.07) is 11.5. The molecule has 5 unspecified atom stereocenters. The molecule has 1 amide bonds. The van der Waals surface area contributed by atoms with Gasteiger partial charge in [-0.05, 0) is 80.7 Å². The molecule has 1 spiro atoms. The second-order valence-electron chi connectivity index (χ2n) is 10.8. The van der Waals surface area contributed by atoms with Crippen LogP contribution >= 0.6 is 0 Å². The van der Waals surface area contributed by atoms with Crippen molar-refractivity contribution in [2.45, 2.75) is 69.7 Å². The minimum atomic E-state index is -0.0660. The Kier molecular flexibility index (Phi) is 3.06. The predicted molar refractivity (Wildman–Crippen MR) is 106 cm³/mol. The molecule has 1 aromatic rings. The fourth-order valence-corrected chi connectivity index (χ4v) is 9.43. The zero-order valence-corrected chi connectivity index (χ0v) is 16.5. The molecule has 0 bridgehead atoms. The van der Waals surface area contributed by atoms with Crippen LogP contribution in [0.4, 0.5) is 0 Å². The molecule has 5 fully saturated rings. The van der Waals surface area contributed by atoms with Gasteiger partial charge in [-0.2, -0.15) is 0 Å². The Balaban J connectivity index is 1.26. The van der Waals surface area contributed by atoms with Crippen LogP contribution in [-0.2, 0) is 10.2 Å². The highest BCUT2D eigenvalue weighted by atomic mass is 16.2. The van der Waals surface area contributed by atoms with Crippen LogP contribution < -0.4 is 11.1 Å². The Morgan fingerprint density at radius 2 is 1.85 bits per heavy atom. The summed E-state index contributed by atoms with van der Waals surface area (Å²) in [5, 5.41) is 3.51. The average molecular weight is 365 g/mol. The maximum Gasteiger partial charge on any atom is 0.227 e. The van der Waals surface area contributed by atoms with Crippen LogP contribution in [-0.4, -0.2) is 18.5 Å². The van der Waals surface area contributed by atoms with Gasteiger partial charge in [0.25, 0.3) is 0 Å². The van der Waals surface area contributed by atoms with Crippen LogP contribution in [0.15, 0.2) is 30.3 Å². The molecule has 3 N–H and O–H groups in total. The van der Waals surface area contributed by atoms with Gasteiger partial charge in [-0.1, -0.05) is 37.3 Å². The quantitative estimate of drug-likeness (QED) is 0.854. The van der Waals surface area contributed by atoms with Crippen LogP contribution in [0.2, 0.25) is 0 Å². The summed E-state index contributed by atoms with van der Waals surface area (Å²) in [5.41, 5.74) is 8.23. The number of carbonyl (C=O) groups is 1. The van der Waals surface area contributed by atoms with E-state index in [1.165, 1.54) is 31.2 Å². The molecule has 5 aliphatic rings. The van der Waals surface area contributed by atoms with Crippen LogP contribution in [0.5, 0.6) is 0 Å². The van der Waals surface area contributed by atoms with Gasteiger partial charge >= 0.3 is 0 Å². The van der Waals surface area contributed by atoms with Gasteiger partial charge in [0.1, 0.15) is 0 Å². The smallest absolute Gasteiger partial charge is 0.227 e. The van der Waals surface area contributed by atoms with Crippen molar-refractivity contribution >= 4 is 5.91 Å². The molecular weight excluding hydrogens is 332 g/mol. The van der Waals surface area contributed by atoms with Gasteiger partial charge in [-0.3, -0.25) is 4.79 Å². The van der Waals surface area contributed by atoms with E-state index >= 15 is 0 Å². The number of nitrogens with one attached hydrogen (secondary N) is 1. The number of nitrogens with two attached hydrogens (primary N) is 1. The first kappa shape index (κ1) is 16.6. The molecule has 5 aliphatic carbocycles. The van der Waals surface area contributed by atoms with Crippen molar-refractivity contribution in [3.05, 3.63) is 35.9 Å². The van der Waals surface area contributed by atoms with E-state index in [-0.39, 0.29) is 10.8 Å². The number of carbonyl (C=O) groups excluding carboxylic acids is 1. The van der Waals surface area contributed by atoms with Crippen molar-refractivity contribution in [1.82, 2.24) is 5.32 Å². The van der Waals surface area contributed by atoms with Gasteiger partial charge in [-0.15, -0.1) is 0 Å². The third kappa shape index (κ3) is 1.57. The lowest BCUT2D eigenvalue weighted by Gasteiger charge is -2.98. The van der Waals surface area contributed by atoms with Gasteiger partial charge in [0.15, 0.2) is 0 Å². The molecule has 27 heavy (non-hydrogen) atoms. The van der Waals surface area contributed by atoms with E-state index in [4.69, 9.17) is 5.73 Å². The summed E-state index contributed by atoms with van der Waals surface area (Å²) in [6.45, 7) is 3.27. The van der Waals surface area contributed by atoms with E-state index in [1.54, 1.807) is 0 Å². The summed E-state index contributed by atoms with van der Waals surface area (Å²) in [4.78, 5) is 13.6. The molecule has 1 aromatic carbocycles. The Morgan fingerprint density at radius 3 is 2.48 bits per heavy atom. The van der Waals surface area contributed by atoms with E-state index in [1.807, 2.05) is 0 Å².